The zero-order valence-corrected chi connectivity index (χ0v) is 18.0. The summed E-state index contributed by atoms with van der Waals surface area (Å²) >= 11 is 0. The van der Waals surface area contributed by atoms with Crippen molar-refractivity contribution < 1.29 is 9.53 Å². The highest BCUT2D eigenvalue weighted by molar-refractivity contribution is 5.94. The van der Waals surface area contributed by atoms with Crippen LogP contribution in [0, 0.1) is 6.92 Å². The van der Waals surface area contributed by atoms with E-state index < -0.39 is 0 Å². The molecule has 1 aliphatic rings. The summed E-state index contributed by atoms with van der Waals surface area (Å²) < 4.78 is 6.92. The van der Waals surface area contributed by atoms with Crippen LogP contribution in [0.2, 0.25) is 0 Å². The van der Waals surface area contributed by atoms with Gasteiger partial charge in [-0.2, -0.15) is 4.68 Å². The molecule has 1 saturated heterocycles. The Balaban J connectivity index is 1.36. The Bertz CT molecular complexity index is 1260. The van der Waals surface area contributed by atoms with Crippen LogP contribution in [0.25, 0.3) is 16.9 Å². The van der Waals surface area contributed by atoms with Crippen molar-refractivity contribution >= 4 is 22.9 Å². The maximum absolute atomic E-state index is 12.9. The molecule has 0 saturated carbocycles. The van der Waals surface area contributed by atoms with Crippen LogP contribution in [0.4, 0.5) is 5.82 Å². The Kier molecular flexibility index (Phi) is 5.14. The van der Waals surface area contributed by atoms with E-state index in [1.807, 2.05) is 60.4 Å². The van der Waals surface area contributed by atoms with E-state index in [-0.39, 0.29) is 5.91 Å². The fourth-order valence-electron chi connectivity index (χ4n) is 3.95. The zero-order valence-electron chi connectivity index (χ0n) is 18.0. The number of fused-ring (bicyclic) bond motifs is 1. The maximum atomic E-state index is 12.9. The predicted molar refractivity (Wildman–Crippen MR) is 120 cm³/mol. The minimum Gasteiger partial charge on any atom is -0.497 e. The number of anilines is 1. The van der Waals surface area contributed by atoms with Crippen molar-refractivity contribution in [1.82, 2.24) is 29.9 Å². The fraction of sp³-hybridized carbons (Fsp3) is 0.261. The Morgan fingerprint density at radius 1 is 1.00 bits per heavy atom. The van der Waals surface area contributed by atoms with E-state index in [4.69, 9.17) is 4.74 Å². The van der Waals surface area contributed by atoms with Crippen LogP contribution in [0.3, 0.4) is 0 Å². The van der Waals surface area contributed by atoms with Gasteiger partial charge in [0.25, 0.3) is 5.91 Å². The molecule has 3 heterocycles. The molecular weight excluding hydrogens is 406 g/mol. The van der Waals surface area contributed by atoms with Gasteiger partial charge in [0.2, 0.25) is 0 Å². The molecule has 0 unspecified atom stereocenters. The molecular formula is C23H23N7O2. The zero-order chi connectivity index (χ0) is 22.1. The van der Waals surface area contributed by atoms with Crippen LogP contribution in [0.1, 0.15) is 15.9 Å². The summed E-state index contributed by atoms with van der Waals surface area (Å²) in [5.74, 6) is 1.57. The second-order valence-electron chi connectivity index (χ2n) is 7.72. The largest absolute Gasteiger partial charge is 0.497 e. The number of ether oxygens (including phenoxy) is 1. The first-order valence-corrected chi connectivity index (χ1v) is 10.5. The first-order valence-electron chi connectivity index (χ1n) is 10.5. The standard InChI is InChI=1S/C23H23N7O2/c1-16-4-3-5-17(14-16)23(31)29-12-10-28(11-13-29)21-20-22(25-15-24-21)30(27-26-20)18-6-8-19(32-2)9-7-18/h3-9,14-15H,10-13H2,1-2H3. The van der Waals surface area contributed by atoms with Gasteiger partial charge in [0.15, 0.2) is 17.0 Å². The number of amides is 1. The third kappa shape index (κ3) is 3.62. The molecule has 0 aliphatic carbocycles. The van der Waals surface area contributed by atoms with Gasteiger partial charge in [0.1, 0.15) is 12.1 Å². The van der Waals surface area contributed by atoms with Gasteiger partial charge in [0.05, 0.1) is 12.8 Å². The lowest BCUT2D eigenvalue weighted by Crippen LogP contribution is -2.49. The van der Waals surface area contributed by atoms with Gasteiger partial charge >= 0.3 is 0 Å². The van der Waals surface area contributed by atoms with Gasteiger partial charge < -0.3 is 14.5 Å². The van der Waals surface area contributed by atoms with E-state index in [2.05, 4.69) is 25.2 Å². The molecule has 2 aromatic carbocycles. The van der Waals surface area contributed by atoms with Crippen molar-refractivity contribution in [3.05, 3.63) is 66.0 Å². The van der Waals surface area contributed by atoms with Gasteiger partial charge in [-0.25, -0.2) is 9.97 Å². The SMILES string of the molecule is COc1ccc(-n2nnc3c(N4CCN(C(=O)c5cccc(C)c5)CC4)ncnc32)cc1. The summed E-state index contributed by atoms with van der Waals surface area (Å²) in [6.07, 6.45) is 1.53. The molecule has 0 N–H and O–H groups in total. The summed E-state index contributed by atoms with van der Waals surface area (Å²) in [5, 5.41) is 8.66. The van der Waals surface area contributed by atoms with Crippen molar-refractivity contribution in [1.29, 1.82) is 0 Å². The first-order chi connectivity index (χ1) is 15.6. The molecule has 9 heteroatoms. The minimum atomic E-state index is 0.0617. The number of hydrogen-bond acceptors (Lipinski definition) is 7. The van der Waals surface area contributed by atoms with E-state index in [0.717, 1.165) is 28.4 Å². The van der Waals surface area contributed by atoms with E-state index in [1.54, 1.807) is 11.8 Å². The molecule has 9 nitrogen and oxygen atoms in total. The molecule has 0 bridgehead atoms. The third-order valence-corrected chi connectivity index (χ3v) is 5.67. The molecule has 0 atom stereocenters. The topological polar surface area (TPSA) is 89.3 Å². The quantitative estimate of drug-likeness (QED) is 0.492. The number of rotatable bonds is 4. The molecule has 1 fully saturated rings. The van der Waals surface area contributed by atoms with Crippen LogP contribution in [0.15, 0.2) is 54.9 Å². The van der Waals surface area contributed by atoms with Crippen LogP contribution >= 0.6 is 0 Å². The number of carbonyl (C=O) groups is 1. The highest BCUT2D eigenvalue weighted by Crippen LogP contribution is 2.24. The lowest BCUT2D eigenvalue weighted by Gasteiger charge is -2.35. The van der Waals surface area contributed by atoms with E-state index in [1.165, 1.54) is 6.33 Å². The minimum absolute atomic E-state index is 0.0617. The summed E-state index contributed by atoms with van der Waals surface area (Å²) in [4.78, 5) is 25.8. The average Bonchev–Trinajstić information content (AvgIpc) is 3.28. The number of nitrogens with zero attached hydrogens (tertiary/aromatic N) is 7. The molecule has 4 aromatic rings. The van der Waals surface area contributed by atoms with E-state index >= 15 is 0 Å². The number of aromatic nitrogens is 5. The number of carbonyl (C=O) groups excluding carboxylic acids is 1. The highest BCUT2D eigenvalue weighted by atomic mass is 16.5. The number of hydrogen-bond donors (Lipinski definition) is 0. The van der Waals surface area contributed by atoms with Gasteiger partial charge in [-0.15, -0.1) is 5.10 Å². The molecule has 5 rings (SSSR count). The Morgan fingerprint density at radius 3 is 2.50 bits per heavy atom. The molecule has 162 valence electrons. The predicted octanol–water partition coefficient (Wildman–Crippen LogP) is 2.49. The fourth-order valence-corrected chi connectivity index (χ4v) is 3.95. The molecule has 2 aromatic heterocycles. The Labute approximate surface area is 185 Å². The van der Waals surface area contributed by atoms with Crippen molar-refractivity contribution in [3.63, 3.8) is 0 Å². The summed E-state index contributed by atoms with van der Waals surface area (Å²) in [6.45, 7) is 4.56. The Hall–Kier alpha value is -4.01. The van der Waals surface area contributed by atoms with Crippen LogP contribution in [-0.2, 0) is 0 Å². The van der Waals surface area contributed by atoms with Crippen molar-refractivity contribution in [2.24, 2.45) is 0 Å². The number of piperazine rings is 1. The van der Waals surface area contributed by atoms with Gasteiger partial charge in [0, 0.05) is 31.7 Å². The smallest absolute Gasteiger partial charge is 0.253 e. The summed E-state index contributed by atoms with van der Waals surface area (Å²) in [7, 11) is 1.63. The van der Waals surface area contributed by atoms with Gasteiger partial charge in [-0.3, -0.25) is 4.79 Å². The summed E-state index contributed by atoms with van der Waals surface area (Å²) in [5.41, 5.74) is 3.93. The number of benzene rings is 2. The van der Waals surface area contributed by atoms with Crippen LogP contribution in [0.5, 0.6) is 5.75 Å². The molecule has 0 radical (unpaired) electrons. The summed E-state index contributed by atoms with van der Waals surface area (Å²) in [6, 6.07) is 15.3. The second-order valence-corrected chi connectivity index (χ2v) is 7.72. The lowest BCUT2D eigenvalue weighted by molar-refractivity contribution is 0.0746. The maximum Gasteiger partial charge on any atom is 0.253 e. The van der Waals surface area contributed by atoms with Crippen LogP contribution < -0.4 is 9.64 Å². The Morgan fingerprint density at radius 2 is 1.78 bits per heavy atom. The molecule has 1 amide bonds. The van der Waals surface area contributed by atoms with Crippen molar-refractivity contribution in [2.75, 3.05) is 38.2 Å². The second kappa shape index (κ2) is 8.26. The van der Waals surface area contributed by atoms with Gasteiger partial charge in [-0.05, 0) is 43.3 Å². The number of aryl methyl sites for hydroxylation is 1. The molecule has 32 heavy (non-hydrogen) atoms. The molecule has 0 spiro atoms. The van der Waals surface area contributed by atoms with Crippen molar-refractivity contribution in [2.45, 2.75) is 6.92 Å². The normalized spacial score (nSPS) is 14.1. The average molecular weight is 429 g/mol. The van der Waals surface area contributed by atoms with Crippen molar-refractivity contribution in [3.8, 4) is 11.4 Å². The van der Waals surface area contributed by atoms with E-state index in [9.17, 15) is 4.79 Å². The highest BCUT2D eigenvalue weighted by Gasteiger charge is 2.25. The number of methoxy groups -OCH3 is 1. The monoisotopic (exact) mass is 429 g/mol. The molecule has 1 aliphatic heterocycles. The first kappa shape index (κ1) is 19.9. The van der Waals surface area contributed by atoms with Gasteiger partial charge in [-0.1, -0.05) is 22.9 Å². The third-order valence-electron chi connectivity index (χ3n) is 5.67. The van der Waals surface area contributed by atoms with Crippen LogP contribution in [-0.4, -0.2) is 69.1 Å². The van der Waals surface area contributed by atoms with E-state index in [0.29, 0.717) is 37.3 Å². The lowest BCUT2D eigenvalue weighted by atomic mass is 10.1.